The van der Waals surface area contributed by atoms with Gasteiger partial charge in [-0.15, -0.1) is 0 Å². The molecule has 10 heterocycles. The maximum atomic E-state index is 16.9. The molecule has 3 aromatic rings. The molecule has 7 saturated heterocycles. The van der Waals surface area contributed by atoms with Gasteiger partial charge in [0.15, 0.2) is 22.4 Å². The van der Waals surface area contributed by atoms with Gasteiger partial charge in [0.25, 0.3) is 0 Å². The monoisotopic (exact) mass is 1100 g/mol. The molecule has 22 nitrogen and oxygen atoms in total. The van der Waals surface area contributed by atoms with Crippen molar-refractivity contribution in [2.24, 2.45) is 141 Å². The average molecular weight is 1100 g/mol. The summed E-state index contributed by atoms with van der Waals surface area (Å²) in [5.74, 6) is -24.5. The maximum absolute atomic E-state index is 16.9. The molecule has 10 aliphatic carbocycles. The van der Waals surface area contributed by atoms with Crippen molar-refractivity contribution in [1.29, 1.82) is 0 Å². The highest BCUT2D eigenvalue weighted by atomic mass is 16.6. The number of aromatic nitrogens is 3. The number of pyridine rings is 3. The van der Waals surface area contributed by atoms with Crippen molar-refractivity contribution in [3.8, 4) is 0 Å². The van der Waals surface area contributed by atoms with Crippen LogP contribution in [0.1, 0.15) is 12.8 Å². The quantitative estimate of drug-likeness (QED) is 0.182. The Morgan fingerprint density at radius 3 is 1.02 bits per heavy atom. The summed E-state index contributed by atoms with van der Waals surface area (Å²) >= 11 is 0. The second kappa shape index (κ2) is 13.6. The Morgan fingerprint density at radius 2 is 0.741 bits per heavy atom. The number of rotatable bonds is 7. The zero-order valence-corrected chi connectivity index (χ0v) is 43.8. The van der Waals surface area contributed by atoms with Crippen LogP contribution < -0.4 is 14.7 Å². The number of hydrogen-bond donors (Lipinski definition) is 0. The van der Waals surface area contributed by atoms with Crippen molar-refractivity contribution in [1.82, 2.24) is 15.0 Å². The Labute approximate surface area is 459 Å². The molecule has 7 aliphatic heterocycles. The summed E-state index contributed by atoms with van der Waals surface area (Å²) in [6.45, 7) is 0. The Hall–Kier alpha value is -7.33. The first-order chi connectivity index (χ1) is 39.2. The zero-order chi connectivity index (χ0) is 55.2. The predicted molar refractivity (Wildman–Crippen MR) is 262 cm³/mol. The van der Waals surface area contributed by atoms with Gasteiger partial charge < -0.3 is 28.4 Å². The first kappa shape index (κ1) is 46.3. The van der Waals surface area contributed by atoms with E-state index in [0.29, 0.717) is 24.2 Å². The number of amides is 6. The highest BCUT2D eigenvalue weighted by molar-refractivity contribution is 6.28. The lowest BCUT2D eigenvalue weighted by molar-refractivity contribution is -0.203. The maximum Gasteiger partial charge on any atom is 0.338 e. The van der Waals surface area contributed by atoms with Gasteiger partial charge in [0.1, 0.15) is 0 Å². The lowest BCUT2D eigenvalue weighted by Crippen LogP contribution is -2.73. The van der Waals surface area contributed by atoms with Gasteiger partial charge >= 0.3 is 23.9 Å². The molecule has 24 unspecified atom stereocenters. The van der Waals surface area contributed by atoms with E-state index in [2.05, 4.69) is 15.0 Å². The number of hydrogen-bond acceptors (Lipinski definition) is 19. The molecule has 22 heteroatoms. The van der Waals surface area contributed by atoms with E-state index in [9.17, 15) is 19.2 Å². The lowest BCUT2D eigenvalue weighted by atomic mass is 9.35. The fourth-order valence-electron chi connectivity index (χ4n) is 26.1. The van der Waals surface area contributed by atoms with Crippen LogP contribution in [-0.2, 0) is 76.4 Å². The van der Waals surface area contributed by atoms with E-state index >= 15 is 28.8 Å². The van der Waals surface area contributed by atoms with Crippen molar-refractivity contribution >= 4 is 76.4 Å². The summed E-state index contributed by atoms with van der Waals surface area (Å²) in [7, 11) is 4.95. The van der Waals surface area contributed by atoms with Crippen LogP contribution in [0.2, 0.25) is 0 Å². The molecule has 16 bridgehead atoms. The predicted octanol–water partition coefficient (Wildman–Crippen LogP) is 1.06. The molecule has 2 spiro atoms. The van der Waals surface area contributed by atoms with E-state index in [0.717, 1.165) is 9.80 Å². The van der Waals surface area contributed by atoms with Crippen LogP contribution in [0.4, 0.5) is 17.1 Å². The van der Waals surface area contributed by atoms with Crippen molar-refractivity contribution in [3.05, 3.63) is 73.6 Å². The molecule has 0 N–H and O–H groups in total. The number of methoxy groups -OCH3 is 4. The SMILES string of the molecule is COC(=O)C12OC(C(=O)OC)(C3C4CC(C5C(=O)N(c6cccnc6)C(=O)C45)C31)C1C2C2C3C4C5C6C(C4C4(C(=O)N(c7ccncc7)C(=O)C254)C31)C1(C(=O)OC)OC6(C(=O)OC)C2C3CC(C4C(=O)N(c5cccnc5)C(=O)C34)C21. The minimum atomic E-state index is -2.00. The first-order valence-electron chi connectivity index (χ1n) is 28.3. The van der Waals surface area contributed by atoms with E-state index in [1.807, 2.05) is 0 Å². The van der Waals surface area contributed by atoms with Gasteiger partial charge in [0.05, 0.1) is 92.4 Å². The van der Waals surface area contributed by atoms with Gasteiger partial charge in [0.2, 0.25) is 35.4 Å². The number of ether oxygens (including phenoxy) is 6. The van der Waals surface area contributed by atoms with E-state index in [1.54, 1.807) is 36.4 Å². The molecular formula is C59H50N6O16. The second-order valence-electron chi connectivity index (χ2n) is 26.4. The van der Waals surface area contributed by atoms with Gasteiger partial charge in [-0.25, -0.2) is 33.9 Å². The minimum absolute atomic E-state index is 0.240. The lowest BCUT2D eigenvalue weighted by Gasteiger charge is -2.62. The number of imide groups is 3. The number of anilines is 3. The van der Waals surface area contributed by atoms with E-state index in [4.69, 9.17) is 28.4 Å². The Morgan fingerprint density at radius 1 is 0.420 bits per heavy atom. The number of nitrogens with zero attached hydrogens (tertiary/aromatic N) is 6. The van der Waals surface area contributed by atoms with Crippen LogP contribution in [0.3, 0.4) is 0 Å². The summed E-state index contributed by atoms with van der Waals surface area (Å²) in [5.41, 5.74) is -10.6. The second-order valence-corrected chi connectivity index (χ2v) is 26.4. The molecule has 81 heavy (non-hydrogen) atoms. The summed E-state index contributed by atoms with van der Waals surface area (Å²) in [6, 6.07) is 9.66. The van der Waals surface area contributed by atoms with Crippen LogP contribution in [-0.4, -0.2) is 125 Å². The summed E-state index contributed by atoms with van der Waals surface area (Å²) in [4.78, 5) is 172. The molecule has 412 valence electrons. The van der Waals surface area contributed by atoms with Gasteiger partial charge in [-0.2, -0.15) is 0 Å². The van der Waals surface area contributed by atoms with E-state index in [-0.39, 0.29) is 5.69 Å². The number of esters is 4. The third kappa shape index (κ3) is 3.88. The fraction of sp³-hybridized carbons (Fsp3) is 0.576. The van der Waals surface area contributed by atoms with Crippen LogP contribution >= 0.6 is 0 Å². The Kier molecular flexibility index (Phi) is 7.77. The normalized spacial score (nSPS) is 52.6. The van der Waals surface area contributed by atoms with E-state index in [1.165, 1.54) is 70.5 Å². The molecule has 6 amide bonds. The van der Waals surface area contributed by atoms with Crippen molar-refractivity contribution < 1.29 is 76.4 Å². The molecule has 10 saturated carbocycles. The van der Waals surface area contributed by atoms with Crippen molar-refractivity contribution in [2.75, 3.05) is 43.1 Å². The fourth-order valence-corrected chi connectivity index (χ4v) is 26.1. The third-order valence-electron chi connectivity index (χ3n) is 26.1. The van der Waals surface area contributed by atoms with Gasteiger partial charge in [-0.05, 0) is 108 Å². The highest BCUT2D eigenvalue weighted by Gasteiger charge is 3.11. The van der Waals surface area contributed by atoms with Crippen LogP contribution in [0.5, 0.6) is 0 Å². The minimum Gasteiger partial charge on any atom is -0.467 e. The number of fused-ring (bicyclic) bond motifs is 30. The molecule has 0 radical (unpaired) electrons. The van der Waals surface area contributed by atoms with Crippen molar-refractivity contribution in [3.63, 3.8) is 0 Å². The molecule has 20 rings (SSSR count). The van der Waals surface area contributed by atoms with Crippen molar-refractivity contribution in [2.45, 2.75) is 35.2 Å². The molecule has 24 atom stereocenters. The van der Waals surface area contributed by atoms with Gasteiger partial charge in [0, 0.05) is 72.1 Å². The largest absolute Gasteiger partial charge is 0.467 e. The van der Waals surface area contributed by atoms with E-state index < -0.39 is 223 Å². The molecular weight excluding hydrogens is 1050 g/mol. The Bertz CT molecular complexity index is 3300. The summed E-state index contributed by atoms with van der Waals surface area (Å²) in [6.07, 6.45) is 9.52. The zero-order valence-electron chi connectivity index (χ0n) is 43.8. The van der Waals surface area contributed by atoms with Crippen LogP contribution in [0, 0.1) is 141 Å². The van der Waals surface area contributed by atoms with Crippen LogP contribution in [0.15, 0.2) is 73.6 Å². The smallest absolute Gasteiger partial charge is 0.338 e. The Balaban J connectivity index is 0.834. The summed E-state index contributed by atoms with van der Waals surface area (Å²) in [5, 5.41) is 0. The molecule has 0 aromatic carbocycles. The average Bonchev–Trinajstić information content (AvgIpc) is 1.38. The topological polar surface area (TPSA) is 274 Å². The third-order valence-corrected chi connectivity index (χ3v) is 26.1. The summed E-state index contributed by atoms with van der Waals surface area (Å²) < 4.78 is 38.3. The molecule has 17 fully saturated rings. The van der Waals surface area contributed by atoms with Gasteiger partial charge in [-0.3, -0.25) is 43.7 Å². The first-order valence-corrected chi connectivity index (χ1v) is 28.3. The highest BCUT2D eigenvalue weighted by Crippen LogP contribution is 3.03. The number of carbonyl (C=O) groups is 10. The number of carbonyl (C=O) groups excluding carboxylic acids is 10. The van der Waals surface area contributed by atoms with Gasteiger partial charge in [-0.1, -0.05) is 0 Å². The van der Waals surface area contributed by atoms with Crippen LogP contribution in [0.25, 0.3) is 0 Å². The molecule has 3 aromatic heterocycles. The molecule has 17 aliphatic rings. The standard InChI is InChI=1S/C59H50N6O16/c1-76-50(72)56-32-22-15-23(27-26(22)44(66)63(45(27)67)20-7-5-11-61-17-20)33(32)57(80-56,51(73)77-2)41-37-30-31-38-42-43(39(31)55(37)49(71)65(19-9-13-60-14-10-19)48(70)54(38,55)36(30)40(41)56)59(53(75)79-4)35-25-16-24(34(35)58(42,81-59)52(74)78-3)28-29(25)47(69)64(46(28)68)21-8-6-12-62-18-21/h5-14,17-18,22-43H,15-16H2,1-4H3.